The van der Waals surface area contributed by atoms with E-state index in [2.05, 4.69) is 63.5 Å². The lowest BCUT2D eigenvalue weighted by atomic mass is 10.2. The molecule has 2 aromatic rings. The predicted octanol–water partition coefficient (Wildman–Crippen LogP) is 3.54. The number of nitrogens with two attached hydrogens (primary N) is 1. The van der Waals surface area contributed by atoms with E-state index in [0.29, 0.717) is 12.0 Å². The quantitative estimate of drug-likeness (QED) is 0.848. The molecule has 0 aliphatic rings. The van der Waals surface area contributed by atoms with Gasteiger partial charge in [-0.2, -0.15) is 11.8 Å². The number of hydrogen-bond acceptors (Lipinski definition) is 3. The summed E-state index contributed by atoms with van der Waals surface area (Å²) in [7, 11) is 0. The van der Waals surface area contributed by atoms with Gasteiger partial charge in [-0.3, -0.25) is 0 Å². The fourth-order valence-electron chi connectivity index (χ4n) is 1.97. The summed E-state index contributed by atoms with van der Waals surface area (Å²) >= 11 is 4.16. The first-order valence-corrected chi connectivity index (χ1v) is 8.02. The van der Waals surface area contributed by atoms with E-state index in [9.17, 15) is 0 Å². The Kier molecular flexibility index (Phi) is 4.19. The van der Waals surface area contributed by atoms with Crippen molar-refractivity contribution < 1.29 is 0 Å². The average molecular weight is 361 g/mol. The summed E-state index contributed by atoms with van der Waals surface area (Å²) in [6, 6.07) is 6.68. The van der Waals surface area contributed by atoms with Gasteiger partial charge >= 0.3 is 0 Å². The number of anilines is 1. The van der Waals surface area contributed by atoms with Gasteiger partial charge in [0.2, 0.25) is 5.95 Å². The van der Waals surface area contributed by atoms with E-state index in [0.717, 1.165) is 23.2 Å². The predicted molar refractivity (Wildman–Crippen MR) is 84.6 cm³/mol. The minimum Gasteiger partial charge on any atom is -0.369 e. The van der Waals surface area contributed by atoms with E-state index < -0.39 is 0 Å². The molecule has 3 nitrogen and oxygen atoms in total. The van der Waals surface area contributed by atoms with Crippen molar-refractivity contribution in [1.29, 1.82) is 0 Å². The summed E-state index contributed by atoms with van der Waals surface area (Å²) in [5.74, 6) is 1.76. The summed E-state index contributed by atoms with van der Waals surface area (Å²) in [6.07, 6.45) is 3.24. The molecular weight excluding hydrogens is 345 g/mol. The Hall–Kier alpha value is -0.430. The molecule has 5 heteroatoms. The zero-order chi connectivity index (χ0) is 12.4. The number of imidazole rings is 1. The number of fused-ring (bicyclic) bond motifs is 1. The molecule has 0 saturated carbocycles. The van der Waals surface area contributed by atoms with E-state index >= 15 is 0 Å². The van der Waals surface area contributed by atoms with Gasteiger partial charge < -0.3 is 10.3 Å². The average Bonchev–Trinajstić information content (AvgIpc) is 2.61. The van der Waals surface area contributed by atoms with Gasteiger partial charge in [-0.15, -0.1) is 0 Å². The van der Waals surface area contributed by atoms with Crippen LogP contribution >= 0.6 is 34.4 Å². The second-order valence-corrected chi connectivity index (χ2v) is 6.33. The van der Waals surface area contributed by atoms with Crippen LogP contribution in [-0.2, 0) is 0 Å². The molecule has 0 radical (unpaired) electrons. The Bertz CT molecular complexity index is 524. The second kappa shape index (κ2) is 5.48. The molecule has 1 unspecified atom stereocenters. The highest BCUT2D eigenvalue weighted by molar-refractivity contribution is 14.1. The third-order valence-electron chi connectivity index (χ3n) is 2.86. The van der Waals surface area contributed by atoms with Crippen LogP contribution in [0.3, 0.4) is 0 Å². The minimum absolute atomic E-state index is 0.396. The molecule has 1 atom stereocenters. The van der Waals surface area contributed by atoms with Crippen LogP contribution in [0.15, 0.2) is 18.2 Å². The standard InChI is InChI=1S/C12H16IN3S/c1-8(5-6-17-2)16-11-4-3-9(13)7-10(11)15-12(16)14/h3-4,7-8H,5-6H2,1-2H3,(H2,14,15). The fraction of sp³-hybridized carbons (Fsp3) is 0.417. The molecular formula is C12H16IN3S. The monoisotopic (exact) mass is 361 g/mol. The third kappa shape index (κ3) is 2.70. The highest BCUT2D eigenvalue weighted by Crippen LogP contribution is 2.26. The van der Waals surface area contributed by atoms with Gasteiger partial charge in [0.15, 0.2) is 0 Å². The largest absolute Gasteiger partial charge is 0.369 e. The van der Waals surface area contributed by atoms with Gasteiger partial charge in [-0.05, 0) is 66.1 Å². The molecule has 1 aromatic heterocycles. The van der Waals surface area contributed by atoms with Crippen molar-refractivity contribution in [2.45, 2.75) is 19.4 Å². The highest BCUT2D eigenvalue weighted by Gasteiger charge is 2.13. The number of nitrogen functional groups attached to an aromatic ring is 1. The Labute approximate surface area is 119 Å². The second-order valence-electron chi connectivity index (χ2n) is 4.10. The van der Waals surface area contributed by atoms with Crippen LogP contribution in [0.1, 0.15) is 19.4 Å². The molecule has 0 fully saturated rings. The van der Waals surface area contributed by atoms with Crippen molar-refractivity contribution in [3.05, 3.63) is 21.8 Å². The Morgan fingerprint density at radius 1 is 1.53 bits per heavy atom. The van der Waals surface area contributed by atoms with Crippen molar-refractivity contribution >= 4 is 51.3 Å². The maximum atomic E-state index is 6.02. The zero-order valence-corrected chi connectivity index (χ0v) is 13.0. The molecule has 2 N–H and O–H groups in total. The highest BCUT2D eigenvalue weighted by atomic mass is 127. The van der Waals surface area contributed by atoms with Crippen LogP contribution < -0.4 is 5.73 Å². The van der Waals surface area contributed by atoms with Gasteiger partial charge in [0.05, 0.1) is 11.0 Å². The Balaban J connectivity index is 2.42. The maximum absolute atomic E-state index is 6.02. The number of rotatable bonds is 4. The molecule has 1 heterocycles. The first kappa shape index (κ1) is 13.0. The smallest absolute Gasteiger partial charge is 0.201 e. The van der Waals surface area contributed by atoms with Crippen LogP contribution in [0.5, 0.6) is 0 Å². The molecule has 1 aromatic carbocycles. The number of nitrogens with zero attached hydrogens (tertiary/aromatic N) is 2. The summed E-state index contributed by atoms with van der Waals surface area (Å²) in [4.78, 5) is 4.43. The Morgan fingerprint density at radius 3 is 3.00 bits per heavy atom. The van der Waals surface area contributed by atoms with Gasteiger partial charge in [0, 0.05) is 9.61 Å². The van der Waals surface area contributed by atoms with Crippen molar-refractivity contribution in [3.8, 4) is 0 Å². The van der Waals surface area contributed by atoms with Crippen LogP contribution in [0.4, 0.5) is 5.95 Å². The summed E-state index contributed by atoms with van der Waals surface area (Å²) in [5, 5.41) is 0. The van der Waals surface area contributed by atoms with Crippen molar-refractivity contribution in [3.63, 3.8) is 0 Å². The summed E-state index contributed by atoms with van der Waals surface area (Å²) < 4.78 is 3.33. The van der Waals surface area contributed by atoms with Crippen LogP contribution in [0, 0.1) is 3.57 Å². The van der Waals surface area contributed by atoms with Crippen LogP contribution in [0.2, 0.25) is 0 Å². The fourth-order valence-corrected chi connectivity index (χ4v) is 3.02. The normalized spacial score (nSPS) is 13.1. The lowest BCUT2D eigenvalue weighted by molar-refractivity contribution is 0.556. The molecule has 0 bridgehead atoms. The molecule has 0 spiro atoms. The lowest BCUT2D eigenvalue weighted by Gasteiger charge is -2.15. The first-order chi connectivity index (χ1) is 8.13. The maximum Gasteiger partial charge on any atom is 0.201 e. The number of benzene rings is 1. The van der Waals surface area contributed by atoms with Gasteiger partial charge in [-0.25, -0.2) is 4.98 Å². The zero-order valence-electron chi connectivity index (χ0n) is 9.98. The number of hydrogen-bond donors (Lipinski definition) is 1. The van der Waals surface area contributed by atoms with E-state index in [4.69, 9.17) is 5.73 Å². The lowest BCUT2D eigenvalue weighted by Crippen LogP contribution is -2.09. The third-order valence-corrected chi connectivity index (χ3v) is 4.17. The first-order valence-electron chi connectivity index (χ1n) is 5.55. The summed E-state index contributed by atoms with van der Waals surface area (Å²) in [6.45, 7) is 2.20. The van der Waals surface area contributed by atoms with Crippen LogP contribution in [-0.4, -0.2) is 21.6 Å². The van der Waals surface area contributed by atoms with Gasteiger partial charge in [-0.1, -0.05) is 0 Å². The number of aromatic nitrogens is 2. The van der Waals surface area contributed by atoms with Crippen LogP contribution in [0.25, 0.3) is 11.0 Å². The molecule has 0 aliphatic carbocycles. The molecule has 92 valence electrons. The SMILES string of the molecule is CSCCC(C)n1c(N)nc2cc(I)ccc21. The van der Waals surface area contributed by atoms with E-state index in [1.807, 2.05) is 11.8 Å². The molecule has 17 heavy (non-hydrogen) atoms. The van der Waals surface area contributed by atoms with Gasteiger partial charge in [0.1, 0.15) is 0 Å². The van der Waals surface area contributed by atoms with E-state index in [1.165, 1.54) is 3.57 Å². The minimum atomic E-state index is 0.396. The molecule has 0 saturated heterocycles. The van der Waals surface area contributed by atoms with Gasteiger partial charge in [0.25, 0.3) is 0 Å². The van der Waals surface area contributed by atoms with Crippen molar-refractivity contribution in [2.75, 3.05) is 17.7 Å². The number of thioether (sulfide) groups is 1. The molecule has 0 amide bonds. The Morgan fingerprint density at radius 2 is 2.29 bits per heavy atom. The molecule has 2 rings (SSSR count). The molecule has 0 aliphatic heterocycles. The van der Waals surface area contributed by atoms with E-state index in [-0.39, 0.29) is 0 Å². The van der Waals surface area contributed by atoms with E-state index in [1.54, 1.807) is 0 Å². The van der Waals surface area contributed by atoms with Crippen molar-refractivity contribution in [1.82, 2.24) is 9.55 Å². The summed E-state index contributed by atoms with van der Waals surface area (Å²) in [5.41, 5.74) is 8.15. The van der Waals surface area contributed by atoms with Crippen molar-refractivity contribution in [2.24, 2.45) is 0 Å². The number of halogens is 1. The topological polar surface area (TPSA) is 43.8 Å².